The highest BCUT2D eigenvalue weighted by Gasteiger charge is 2.41. The van der Waals surface area contributed by atoms with Crippen LogP contribution in [0.4, 0.5) is 0 Å². The molecule has 2 rings (SSSR count). The predicted octanol–water partition coefficient (Wildman–Crippen LogP) is 1.60. The maximum atomic E-state index is 5.62. The Balaban J connectivity index is 1.66. The van der Waals surface area contributed by atoms with Gasteiger partial charge in [0, 0.05) is 0 Å². The third-order valence-corrected chi connectivity index (χ3v) is 3.79. The van der Waals surface area contributed by atoms with Crippen LogP contribution >= 0.6 is 0 Å². The summed E-state index contributed by atoms with van der Waals surface area (Å²) in [4.78, 5) is 2.62. The van der Waals surface area contributed by atoms with Crippen molar-refractivity contribution >= 4 is 0 Å². The maximum Gasteiger partial charge on any atom is -0.00134 e. The zero-order chi connectivity index (χ0) is 9.15. The smallest absolute Gasteiger partial charge is 0.00134 e. The molecule has 0 amide bonds. The van der Waals surface area contributed by atoms with Gasteiger partial charge in [0.2, 0.25) is 0 Å². The summed E-state index contributed by atoms with van der Waals surface area (Å²) in [7, 11) is 0. The van der Waals surface area contributed by atoms with Gasteiger partial charge in [0.25, 0.3) is 0 Å². The van der Waals surface area contributed by atoms with Crippen LogP contribution < -0.4 is 5.73 Å². The Morgan fingerprint density at radius 2 is 1.77 bits per heavy atom. The molecular weight excluding hydrogens is 160 g/mol. The van der Waals surface area contributed by atoms with E-state index in [0.717, 1.165) is 6.54 Å². The molecule has 0 radical (unpaired) electrons. The van der Waals surface area contributed by atoms with Gasteiger partial charge in [-0.2, -0.15) is 0 Å². The standard InChI is InChI=1S/C11H22N2/c12-7-5-11(3-4-11)6-10-13-8-1-2-9-13/h1-10,12H2. The van der Waals surface area contributed by atoms with Gasteiger partial charge in [-0.05, 0) is 70.1 Å². The average Bonchev–Trinajstić information content (AvgIpc) is 2.71. The quantitative estimate of drug-likeness (QED) is 0.700. The van der Waals surface area contributed by atoms with E-state index in [2.05, 4.69) is 4.90 Å². The Hall–Kier alpha value is -0.0800. The van der Waals surface area contributed by atoms with Gasteiger partial charge in [0.05, 0.1) is 0 Å². The van der Waals surface area contributed by atoms with E-state index in [1.54, 1.807) is 0 Å². The molecule has 76 valence electrons. The lowest BCUT2D eigenvalue weighted by Crippen LogP contribution is -2.23. The number of nitrogens with zero attached hydrogens (tertiary/aromatic N) is 1. The first-order chi connectivity index (χ1) is 6.35. The highest BCUT2D eigenvalue weighted by atomic mass is 15.1. The summed E-state index contributed by atoms with van der Waals surface area (Å²) in [6.45, 7) is 4.91. The predicted molar refractivity (Wildman–Crippen MR) is 55.6 cm³/mol. The molecule has 1 aliphatic heterocycles. The van der Waals surface area contributed by atoms with Crippen LogP contribution in [0.3, 0.4) is 0 Å². The summed E-state index contributed by atoms with van der Waals surface area (Å²) < 4.78 is 0. The number of hydrogen-bond donors (Lipinski definition) is 1. The zero-order valence-corrected chi connectivity index (χ0v) is 8.60. The third kappa shape index (κ3) is 2.44. The monoisotopic (exact) mass is 182 g/mol. The van der Waals surface area contributed by atoms with E-state index >= 15 is 0 Å². The molecule has 1 saturated heterocycles. The van der Waals surface area contributed by atoms with Crippen LogP contribution in [0.5, 0.6) is 0 Å². The van der Waals surface area contributed by atoms with E-state index < -0.39 is 0 Å². The minimum Gasteiger partial charge on any atom is -0.330 e. The molecule has 0 aromatic carbocycles. The second-order valence-corrected chi connectivity index (χ2v) is 4.84. The highest BCUT2D eigenvalue weighted by Crippen LogP contribution is 2.51. The SMILES string of the molecule is NCCC1(CCN2CCCC2)CC1. The van der Waals surface area contributed by atoms with Gasteiger partial charge >= 0.3 is 0 Å². The minimum absolute atomic E-state index is 0.692. The van der Waals surface area contributed by atoms with Gasteiger partial charge in [0.15, 0.2) is 0 Å². The summed E-state index contributed by atoms with van der Waals surface area (Å²) in [6.07, 6.45) is 8.40. The summed E-state index contributed by atoms with van der Waals surface area (Å²) in [5, 5.41) is 0. The minimum atomic E-state index is 0.692. The number of nitrogens with two attached hydrogens (primary N) is 1. The molecule has 13 heavy (non-hydrogen) atoms. The van der Waals surface area contributed by atoms with E-state index in [1.165, 1.54) is 58.2 Å². The van der Waals surface area contributed by atoms with Crippen LogP contribution in [0.25, 0.3) is 0 Å². The summed E-state index contributed by atoms with van der Waals surface area (Å²) >= 11 is 0. The molecule has 0 aromatic heterocycles. The summed E-state index contributed by atoms with van der Waals surface area (Å²) in [5.41, 5.74) is 6.32. The van der Waals surface area contributed by atoms with Crippen molar-refractivity contribution in [2.24, 2.45) is 11.1 Å². The van der Waals surface area contributed by atoms with Crippen molar-refractivity contribution < 1.29 is 0 Å². The van der Waals surface area contributed by atoms with Crippen LogP contribution in [0, 0.1) is 5.41 Å². The summed E-state index contributed by atoms with van der Waals surface area (Å²) in [6, 6.07) is 0. The lowest BCUT2D eigenvalue weighted by atomic mass is 9.98. The third-order valence-electron chi connectivity index (χ3n) is 3.79. The van der Waals surface area contributed by atoms with Crippen LogP contribution in [0.15, 0.2) is 0 Å². The van der Waals surface area contributed by atoms with Crippen LogP contribution in [-0.2, 0) is 0 Å². The lowest BCUT2D eigenvalue weighted by molar-refractivity contribution is 0.287. The second-order valence-electron chi connectivity index (χ2n) is 4.84. The molecule has 0 atom stereocenters. The van der Waals surface area contributed by atoms with Crippen molar-refractivity contribution in [3.05, 3.63) is 0 Å². The van der Waals surface area contributed by atoms with Crippen LogP contribution in [-0.4, -0.2) is 31.1 Å². The van der Waals surface area contributed by atoms with Crippen molar-refractivity contribution in [3.63, 3.8) is 0 Å². The van der Waals surface area contributed by atoms with Crippen molar-refractivity contribution in [1.82, 2.24) is 4.90 Å². The number of rotatable bonds is 5. The molecule has 0 bridgehead atoms. The summed E-state index contributed by atoms with van der Waals surface area (Å²) in [5.74, 6) is 0. The van der Waals surface area contributed by atoms with Gasteiger partial charge < -0.3 is 10.6 Å². The molecule has 2 fully saturated rings. The highest BCUT2D eigenvalue weighted by molar-refractivity contribution is 4.93. The van der Waals surface area contributed by atoms with E-state index in [-0.39, 0.29) is 0 Å². The van der Waals surface area contributed by atoms with Gasteiger partial charge in [0.1, 0.15) is 0 Å². The molecule has 0 aromatic rings. The van der Waals surface area contributed by atoms with E-state index in [9.17, 15) is 0 Å². The molecule has 1 aliphatic carbocycles. The van der Waals surface area contributed by atoms with E-state index in [4.69, 9.17) is 5.73 Å². The normalized spacial score (nSPS) is 26.5. The Labute approximate surface area is 81.5 Å². The van der Waals surface area contributed by atoms with Gasteiger partial charge in [-0.1, -0.05) is 0 Å². The molecule has 2 nitrogen and oxygen atoms in total. The molecule has 0 unspecified atom stereocenters. The zero-order valence-electron chi connectivity index (χ0n) is 8.60. The first kappa shape index (κ1) is 9.47. The topological polar surface area (TPSA) is 29.3 Å². The fourth-order valence-corrected chi connectivity index (χ4v) is 2.51. The molecule has 2 heteroatoms. The van der Waals surface area contributed by atoms with Gasteiger partial charge in [-0.15, -0.1) is 0 Å². The first-order valence-corrected chi connectivity index (χ1v) is 5.77. The van der Waals surface area contributed by atoms with Crippen LogP contribution in [0.1, 0.15) is 38.5 Å². The van der Waals surface area contributed by atoms with E-state index in [1.807, 2.05) is 0 Å². The lowest BCUT2D eigenvalue weighted by Gasteiger charge is -2.19. The molecule has 2 N–H and O–H groups in total. The fourth-order valence-electron chi connectivity index (χ4n) is 2.51. The molecule has 1 saturated carbocycles. The van der Waals surface area contributed by atoms with Crippen LogP contribution in [0.2, 0.25) is 0 Å². The average molecular weight is 182 g/mol. The van der Waals surface area contributed by atoms with E-state index in [0.29, 0.717) is 5.41 Å². The molecular formula is C11H22N2. The Bertz CT molecular complexity index is 157. The fraction of sp³-hybridized carbons (Fsp3) is 1.00. The van der Waals surface area contributed by atoms with Gasteiger partial charge in [-0.3, -0.25) is 0 Å². The maximum absolute atomic E-state index is 5.62. The molecule has 1 heterocycles. The Morgan fingerprint density at radius 1 is 1.08 bits per heavy atom. The Morgan fingerprint density at radius 3 is 2.31 bits per heavy atom. The molecule has 2 aliphatic rings. The Kier molecular flexibility index (Phi) is 2.89. The number of likely N-dealkylation sites (tertiary alicyclic amines) is 1. The molecule has 0 spiro atoms. The van der Waals surface area contributed by atoms with Crippen molar-refractivity contribution in [2.45, 2.75) is 38.5 Å². The van der Waals surface area contributed by atoms with Crippen molar-refractivity contribution in [1.29, 1.82) is 0 Å². The second kappa shape index (κ2) is 3.97. The van der Waals surface area contributed by atoms with Crippen molar-refractivity contribution in [2.75, 3.05) is 26.2 Å². The number of hydrogen-bond acceptors (Lipinski definition) is 2. The first-order valence-electron chi connectivity index (χ1n) is 5.77. The van der Waals surface area contributed by atoms with Gasteiger partial charge in [-0.25, -0.2) is 0 Å². The van der Waals surface area contributed by atoms with Crippen molar-refractivity contribution in [3.8, 4) is 0 Å². The largest absolute Gasteiger partial charge is 0.330 e.